The molecule has 10 rings (SSSR count). The molecule has 12 nitrogen and oxygen atoms in total. The van der Waals surface area contributed by atoms with E-state index in [0.29, 0.717) is 32.8 Å². The highest BCUT2D eigenvalue weighted by atomic mass is 32.1. The van der Waals surface area contributed by atoms with Gasteiger partial charge in [0.2, 0.25) is 5.95 Å². The van der Waals surface area contributed by atoms with Crippen LogP contribution in [0.3, 0.4) is 0 Å². The summed E-state index contributed by atoms with van der Waals surface area (Å²) >= 11 is 2.77. The Hall–Kier alpha value is -7.04. The van der Waals surface area contributed by atoms with Crippen molar-refractivity contribution in [2.24, 2.45) is 0 Å². The van der Waals surface area contributed by atoms with Gasteiger partial charge in [-0.15, -0.1) is 22.7 Å². The van der Waals surface area contributed by atoms with Crippen LogP contribution in [0, 0.1) is 11.8 Å². The molecule has 322 valence electrons. The number of anilines is 4. The van der Waals surface area contributed by atoms with Crippen LogP contribution in [0.25, 0.3) is 11.3 Å². The molecule has 0 saturated carbocycles. The smallest absolute Gasteiger partial charge is 0.274 e. The molecule has 8 heterocycles. The lowest BCUT2D eigenvalue weighted by atomic mass is 10.1. The molecule has 0 radical (unpaired) electrons. The van der Waals surface area contributed by atoms with Crippen molar-refractivity contribution in [3.63, 3.8) is 0 Å². The van der Waals surface area contributed by atoms with Crippen molar-refractivity contribution < 1.29 is 18.4 Å². The second-order valence-electron chi connectivity index (χ2n) is 15.8. The van der Waals surface area contributed by atoms with E-state index in [0.717, 1.165) is 79.0 Å². The third kappa shape index (κ3) is 8.53. The van der Waals surface area contributed by atoms with Crippen molar-refractivity contribution in [1.29, 1.82) is 0 Å². The maximum atomic E-state index is 14.4. The van der Waals surface area contributed by atoms with E-state index in [1.54, 1.807) is 41.1 Å². The Morgan fingerprint density at radius 3 is 2.12 bits per heavy atom. The summed E-state index contributed by atoms with van der Waals surface area (Å²) in [6.45, 7) is 2.17. The molecule has 2 aliphatic heterocycles. The molecule has 16 heteroatoms. The zero-order chi connectivity index (χ0) is 43.6. The van der Waals surface area contributed by atoms with Gasteiger partial charge in [0.1, 0.15) is 17.2 Å². The highest BCUT2D eigenvalue weighted by Gasteiger charge is 2.31. The highest BCUT2D eigenvalue weighted by Crippen LogP contribution is 2.40. The molecule has 0 unspecified atom stereocenters. The number of thiazole rings is 2. The Labute approximate surface area is 375 Å². The fourth-order valence-electron chi connectivity index (χ4n) is 8.83. The van der Waals surface area contributed by atoms with E-state index < -0.39 is 11.8 Å². The van der Waals surface area contributed by atoms with Crippen LogP contribution in [0.2, 0.25) is 0 Å². The number of para-hydroxylation sites is 1. The average Bonchev–Trinajstić information content (AvgIpc) is 4.17. The van der Waals surface area contributed by atoms with E-state index in [4.69, 9.17) is 9.97 Å². The lowest BCUT2D eigenvalue weighted by molar-refractivity contribution is 0.101. The number of nitrogens with one attached hydrogen (secondary N) is 2. The molecule has 2 N–H and O–H groups in total. The number of nitrogens with zero attached hydrogens (tertiary/aromatic N) is 8. The van der Waals surface area contributed by atoms with Gasteiger partial charge in [0.05, 0.1) is 36.2 Å². The number of amides is 2. The molecule has 2 fully saturated rings. The van der Waals surface area contributed by atoms with Gasteiger partial charge in [0, 0.05) is 77.2 Å². The first-order valence-electron chi connectivity index (χ1n) is 21.1. The first-order valence-corrected chi connectivity index (χ1v) is 22.9. The topological polar surface area (TPSA) is 126 Å². The predicted octanol–water partition coefficient (Wildman–Crippen LogP) is 10.2. The van der Waals surface area contributed by atoms with E-state index in [2.05, 4.69) is 54.7 Å². The van der Waals surface area contributed by atoms with E-state index in [9.17, 15) is 18.4 Å². The Bertz CT molecular complexity index is 2950. The van der Waals surface area contributed by atoms with Crippen LogP contribution in [-0.2, 0) is 13.1 Å². The van der Waals surface area contributed by atoms with Gasteiger partial charge in [-0.3, -0.25) is 25.2 Å². The third-order valence-electron chi connectivity index (χ3n) is 11.8. The Balaban J connectivity index is 0.875. The monoisotopic (exact) mass is 892 g/mol. The molecular weight excluding hydrogens is 851 g/mol. The van der Waals surface area contributed by atoms with Crippen LogP contribution in [0.5, 0.6) is 0 Å². The number of hydrogen-bond donors (Lipinski definition) is 2. The Morgan fingerprint density at radius 2 is 1.41 bits per heavy atom. The maximum Gasteiger partial charge on any atom is 0.274 e. The van der Waals surface area contributed by atoms with Crippen LogP contribution in [0.15, 0.2) is 133 Å². The summed E-state index contributed by atoms with van der Waals surface area (Å²) < 4.78 is 32.4. The largest absolute Gasteiger partial charge is 0.363 e. The highest BCUT2D eigenvalue weighted by molar-refractivity contribution is 7.14. The minimum Gasteiger partial charge on any atom is -0.363 e. The van der Waals surface area contributed by atoms with Crippen molar-refractivity contribution in [1.82, 2.24) is 29.1 Å². The van der Waals surface area contributed by atoms with Gasteiger partial charge >= 0.3 is 0 Å². The fourth-order valence-corrected chi connectivity index (χ4v) is 10.3. The van der Waals surface area contributed by atoms with Crippen LogP contribution in [0.1, 0.15) is 81.3 Å². The van der Waals surface area contributed by atoms with Crippen molar-refractivity contribution in [2.75, 3.05) is 33.5 Å². The lowest BCUT2D eigenvalue weighted by Crippen LogP contribution is -2.23. The molecule has 2 saturated heterocycles. The van der Waals surface area contributed by atoms with E-state index in [-0.39, 0.29) is 37.0 Å². The van der Waals surface area contributed by atoms with Gasteiger partial charge in [0.15, 0.2) is 10.3 Å². The minimum absolute atomic E-state index is 0.0317. The number of benzene rings is 2. The molecule has 0 bridgehead atoms. The van der Waals surface area contributed by atoms with Crippen LogP contribution in [-0.4, -0.2) is 54.0 Å². The van der Waals surface area contributed by atoms with Gasteiger partial charge in [-0.25, -0.2) is 19.3 Å². The molecular formula is C48H42F2N10O2S2. The number of hydrogen-bond acceptors (Lipinski definition) is 10. The van der Waals surface area contributed by atoms with Crippen molar-refractivity contribution in [3.05, 3.63) is 178 Å². The van der Waals surface area contributed by atoms with Gasteiger partial charge in [-0.05, 0) is 98.0 Å². The summed E-state index contributed by atoms with van der Waals surface area (Å²) in [6, 6.07) is 30.5. The number of pyridine rings is 2. The predicted molar refractivity (Wildman–Crippen MR) is 246 cm³/mol. The standard InChI is InChI=1S/C48H42F2N10O2S2/c49-36-26-51-19-18-33(36)28-57-21-5-14-42(57)45(61)55-47-54-38(30-63-47)41-13-7-23-59(41)35-11-4-8-32(25-35)39-15-16-43(60(39)27-31-17-20-52-44(50)24-31)46(62)56-48-53-37(29-64-48)40-12-6-22-58(40)34-9-2-1-3-10-34/h1-5,8-11,14-21,24-26,29-30,40-41H,6-7,12-13,22-23,27-28H2,(H,53,56,62)(H,54,55,61)/t40-,41-/m1/s1. The van der Waals surface area contributed by atoms with Gasteiger partial charge in [-0.1, -0.05) is 30.3 Å². The normalized spacial score (nSPS) is 16.1. The minimum atomic E-state index is -0.594. The average molecular weight is 893 g/mol. The Kier molecular flexibility index (Phi) is 11.5. The first-order chi connectivity index (χ1) is 31.3. The summed E-state index contributed by atoms with van der Waals surface area (Å²) in [4.78, 5) is 49.6. The zero-order valence-corrected chi connectivity index (χ0v) is 36.1. The molecule has 2 atom stereocenters. The van der Waals surface area contributed by atoms with Crippen LogP contribution in [0.4, 0.5) is 30.4 Å². The van der Waals surface area contributed by atoms with Gasteiger partial charge in [-0.2, -0.15) is 4.39 Å². The van der Waals surface area contributed by atoms with Crippen molar-refractivity contribution in [3.8, 4) is 11.3 Å². The summed E-state index contributed by atoms with van der Waals surface area (Å²) in [5.74, 6) is -1.68. The molecule has 2 amide bonds. The van der Waals surface area contributed by atoms with Crippen molar-refractivity contribution >= 4 is 56.1 Å². The third-order valence-corrected chi connectivity index (χ3v) is 13.4. The molecule has 0 spiro atoms. The molecule has 6 aromatic heterocycles. The second kappa shape index (κ2) is 18.0. The maximum absolute atomic E-state index is 14.4. The summed E-state index contributed by atoms with van der Waals surface area (Å²) in [6.07, 6.45) is 9.73. The number of carbonyl (C=O) groups excluding carboxylic acids is 2. The zero-order valence-electron chi connectivity index (χ0n) is 34.5. The number of aromatic nitrogens is 6. The van der Waals surface area contributed by atoms with E-state index in [1.807, 2.05) is 51.7 Å². The van der Waals surface area contributed by atoms with Crippen LogP contribution >= 0.6 is 22.7 Å². The number of halogens is 2. The van der Waals surface area contributed by atoms with E-state index >= 15 is 0 Å². The van der Waals surface area contributed by atoms with Crippen LogP contribution < -0.4 is 20.4 Å². The molecule has 0 aliphatic carbocycles. The molecule has 8 aromatic rings. The number of rotatable bonds is 13. The quantitative estimate of drug-likeness (QED) is 0.110. The van der Waals surface area contributed by atoms with Gasteiger partial charge < -0.3 is 18.9 Å². The first kappa shape index (κ1) is 41.0. The summed E-state index contributed by atoms with van der Waals surface area (Å²) in [5.41, 5.74) is 7.50. The SMILES string of the molecule is O=C(Nc1nc([C@H]2CCCN2c2cccc(-c3ccc(C(=O)Nc4nc([C@H]5CCCN5c5ccccc5)cs4)n3Cc3ccnc(F)c3)c2)cs1)c1cccn1Cc1ccncc1F. The van der Waals surface area contributed by atoms with E-state index in [1.165, 1.54) is 41.1 Å². The Morgan fingerprint density at radius 1 is 0.703 bits per heavy atom. The molecule has 64 heavy (non-hydrogen) atoms. The molecule has 2 aromatic carbocycles. The molecule has 2 aliphatic rings. The second-order valence-corrected chi connectivity index (χ2v) is 17.5. The van der Waals surface area contributed by atoms with Crippen molar-refractivity contribution in [2.45, 2.75) is 50.9 Å². The number of carbonyl (C=O) groups is 2. The van der Waals surface area contributed by atoms with Gasteiger partial charge in [0.25, 0.3) is 11.8 Å². The lowest BCUT2D eigenvalue weighted by Gasteiger charge is -2.26. The summed E-state index contributed by atoms with van der Waals surface area (Å²) in [5, 5.41) is 11.0. The summed E-state index contributed by atoms with van der Waals surface area (Å²) in [7, 11) is 0. The fraction of sp³-hybridized carbons (Fsp3) is 0.208.